The van der Waals surface area contributed by atoms with Gasteiger partial charge in [-0.1, -0.05) is 41.6 Å². The number of hydrogen-bond donors (Lipinski definition) is 1. The third-order valence-electron chi connectivity index (χ3n) is 9.49. The lowest BCUT2D eigenvalue weighted by Crippen LogP contribution is -2.59. The Morgan fingerprint density at radius 1 is 0.789 bits per heavy atom. The minimum absolute atomic E-state index is 0.117. The highest BCUT2D eigenvalue weighted by Gasteiger charge is 2.52. The van der Waals surface area contributed by atoms with E-state index in [4.69, 9.17) is 0 Å². The summed E-state index contributed by atoms with van der Waals surface area (Å²) in [7, 11) is 0. The van der Waals surface area contributed by atoms with E-state index in [1.54, 1.807) is 0 Å². The number of hydrogen-bond acceptors (Lipinski definition) is 3. The largest absolute Gasteiger partial charge is 0.391 e. The molecule has 0 radical (unpaired) electrons. The van der Waals surface area contributed by atoms with Gasteiger partial charge in [-0.25, -0.2) is 0 Å². The number of alkyl halides is 7. The summed E-state index contributed by atoms with van der Waals surface area (Å²) in [6.07, 6.45) is -0.949. The van der Waals surface area contributed by atoms with Gasteiger partial charge in [0.05, 0.1) is 17.9 Å². The fraction of sp³-hybridized carbons (Fsp3) is 0.963. The maximum absolute atomic E-state index is 13.6. The van der Waals surface area contributed by atoms with Gasteiger partial charge in [0, 0.05) is 43.6 Å². The van der Waals surface area contributed by atoms with E-state index in [0.717, 1.165) is 51.9 Å². The number of nitrogens with one attached hydrogen (secondary N) is 1. The van der Waals surface area contributed by atoms with Crippen LogP contribution >= 0.6 is 15.9 Å². The van der Waals surface area contributed by atoms with Crippen molar-refractivity contribution in [1.29, 1.82) is 0 Å². The van der Waals surface area contributed by atoms with Crippen LogP contribution < -0.4 is 5.32 Å². The third kappa shape index (κ3) is 8.02. The van der Waals surface area contributed by atoms with Crippen LogP contribution in [0.5, 0.6) is 0 Å². The third-order valence-corrected chi connectivity index (χ3v) is 10.3. The molecule has 5 atom stereocenters. The maximum Gasteiger partial charge on any atom is 0.391 e. The Kier molecular flexibility index (Phi) is 10.4. The van der Waals surface area contributed by atoms with Crippen molar-refractivity contribution in [3.05, 3.63) is 0 Å². The van der Waals surface area contributed by atoms with E-state index in [1.165, 1.54) is 32.1 Å². The van der Waals surface area contributed by atoms with Crippen LogP contribution in [0.1, 0.15) is 77.0 Å². The van der Waals surface area contributed by atoms with E-state index < -0.39 is 42.6 Å². The van der Waals surface area contributed by atoms with Gasteiger partial charge in [0.25, 0.3) is 0 Å². The highest BCUT2D eigenvalue weighted by molar-refractivity contribution is 9.09. The smallest absolute Gasteiger partial charge is 0.354 e. The lowest BCUT2D eigenvalue weighted by molar-refractivity contribution is -0.228. The first-order valence-electron chi connectivity index (χ1n) is 14.4. The molecule has 0 bridgehead atoms. The summed E-state index contributed by atoms with van der Waals surface area (Å²) < 4.78 is 80.5. The van der Waals surface area contributed by atoms with Crippen LogP contribution in [0, 0.1) is 23.7 Å². The summed E-state index contributed by atoms with van der Waals surface area (Å²) in [4.78, 5) is 18.7. The van der Waals surface area contributed by atoms with E-state index in [0.29, 0.717) is 10.9 Å². The Bertz CT molecular complexity index is 745. The molecule has 4 nitrogen and oxygen atoms in total. The molecule has 0 spiro atoms. The maximum atomic E-state index is 13.6. The predicted molar refractivity (Wildman–Crippen MR) is 138 cm³/mol. The molecule has 4 aliphatic rings. The van der Waals surface area contributed by atoms with E-state index in [2.05, 4.69) is 31.0 Å². The van der Waals surface area contributed by atoms with Crippen molar-refractivity contribution in [2.75, 3.05) is 32.7 Å². The second-order valence-corrected chi connectivity index (χ2v) is 13.4. The molecule has 1 N–H and O–H groups in total. The highest BCUT2D eigenvalue weighted by atomic mass is 79.9. The number of nitrogens with zero attached hydrogens (tertiary/aromatic N) is 2. The number of amides is 1. The van der Waals surface area contributed by atoms with Crippen LogP contribution in [-0.4, -0.2) is 77.7 Å². The number of carbonyl (C=O) groups excluding carboxylic acids is 1. The molecule has 1 amide bonds. The van der Waals surface area contributed by atoms with Crippen LogP contribution in [0.4, 0.5) is 26.3 Å². The van der Waals surface area contributed by atoms with Crippen LogP contribution in [0.2, 0.25) is 0 Å². The molecule has 1 heterocycles. The molecule has 5 unspecified atom stereocenters. The molecular formula is C27H42BrF6N3O. The number of carbonyl (C=O) groups is 1. The Morgan fingerprint density at radius 2 is 1.39 bits per heavy atom. The van der Waals surface area contributed by atoms with Gasteiger partial charge in [-0.05, 0) is 63.2 Å². The van der Waals surface area contributed by atoms with Crippen molar-refractivity contribution in [3.8, 4) is 0 Å². The lowest BCUT2D eigenvalue weighted by atomic mass is 9.74. The Morgan fingerprint density at radius 3 is 1.95 bits per heavy atom. The van der Waals surface area contributed by atoms with Crippen molar-refractivity contribution in [2.45, 2.75) is 106 Å². The zero-order chi connectivity index (χ0) is 27.5. The number of piperazine rings is 1. The van der Waals surface area contributed by atoms with Gasteiger partial charge in [0.15, 0.2) is 0 Å². The molecule has 1 saturated heterocycles. The molecule has 4 rings (SSSR count). The summed E-state index contributed by atoms with van der Waals surface area (Å²) in [5.41, 5.74) is 0. The van der Waals surface area contributed by atoms with Crippen molar-refractivity contribution in [3.63, 3.8) is 0 Å². The average Bonchev–Trinajstić information content (AvgIpc) is 2.87. The normalized spacial score (nSPS) is 34.1. The molecule has 0 aromatic heterocycles. The van der Waals surface area contributed by atoms with Gasteiger partial charge >= 0.3 is 12.4 Å². The van der Waals surface area contributed by atoms with Crippen LogP contribution in [0.15, 0.2) is 0 Å². The van der Waals surface area contributed by atoms with E-state index in [-0.39, 0.29) is 31.2 Å². The second kappa shape index (κ2) is 13.0. The van der Waals surface area contributed by atoms with Gasteiger partial charge in [0.1, 0.15) is 0 Å². The summed E-state index contributed by atoms with van der Waals surface area (Å²) >= 11 is 3.71. The van der Waals surface area contributed by atoms with E-state index >= 15 is 0 Å². The van der Waals surface area contributed by atoms with Crippen molar-refractivity contribution < 1.29 is 31.1 Å². The zero-order valence-corrected chi connectivity index (χ0v) is 23.6. The number of rotatable bonds is 6. The standard InChI is InChI=1S/C27H42BrF6N3O/c28-22-6-4-5-19(15-22)24(37-11-9-36(10-12-37)23-7-2-1-3-8-23)25(38)35-17-18-13-20(26(29,30)31)16-21(14-18)27(32,33)34/h18-24H,1-17H2,(H,35,38). The minimum atomic E-state index is -4.67. The molecule has 0 aromatic carbocycles. The SMILES string of the molecule is O=C(NCC1CC(C(F)(F)F)CC(C(F)(F)F)C1)C(C1CCCC(Br)C1)N1CCN(C2CCCCC2)CC1. The second-order valence-electron chi connectivity index (χ2n) is 12.1. The zero-order valence-electron chi connectivity index (χ0n) is 22.0. The highest BCUT2D eigenvalue weighted by Crippen LogP contribution is 2.47. The van der Waals surface area contributed by atoms with Crippen molar-refractivity contribution in [1.82, 2.24) is 15.1 Å². The predicted octanol–water partition coefficient (Wildman–Crippen LogP) is 6.53. The lowest BCUT2D eigenvalue weighted by Gasteiger charge is -2.45. The minimum Gasteiger partial charge on any atom is -0.354 e. The first kappa shape index (κ1) is 30.4. The molecule has 3 aliphatic carbocycles. The first-order chi connectivity index (χ1) is 17.9. The quantitative estimate of drug-likeness (QED) is 0.272. The topological polar surface area (TPSA) is 35.6 Å². The summed E-state index contributed by atoms with van der Waals surface area (Å²) in [6, 6.07) is 0.207. The Labute approximate surface area is 230 Å². The molecule has 11 heteroatoms. The van der Waals surface area contributed by atoms with Gasteiger partial charge < -0.3 is 5.32 Å². The van der Waals surface area contributed by atoms with Gasteiger partial charge in [-0.3, -0.25) is 14.6 Å². The van der Waals surface area contributed by atoms with Crippen molar-refractivity contribution in [2.24, 2.45) is 23.7 Å². The van der Waals surface area contributed by atoms with Gasteiger partial charge in [-0.15, -0.1) is 0 Å². The van der Waals surface area contributed by atoms with Crippen LogP contribution in [0.3, 0.4) is 0 Å². The fourth-order valence-corrected chi connectivity index (χ4v) is 8.25. The Hall–Kier alpha value is -0.550. The molecule has 3 saturated carbocycles. The van der Waals surface area contributed by atoms with Crippen LogP contribution in [-0.2, 0) is 4.79 Å². The average molecular weight is 619 g/mol. The first-order valence-corrected chi connectivity index (χ1v) is 15.4. The molecule has 1 aliphatic heterocycles. The van der Waals surface area contributed by atoms with Crippen molar-refractivity contribution >= 4 is 21.8 Å². The van der Waals surface area contributed by atoms with E-state index in [9.17, 15) is 31.1 Å². The molecule has 0 aromatic rings. The fourth-order valence-electron chi connectivity index (χ4n) is 7.44. The Balaban J connectivity index is 1.40. The molecular weight excluding hydrogens is 576 g/mol. The summed E-state index contributed by atoms with van der Waals surface area (Å²) in [5, 5.41) is 2.84. The monoisotopic (exact) mass is 617 g/mol. The van der Waals surface area contributed by atoms with E-state index in [1.807, 2.05) is 0 Å². The number of halogens is 7. The van der Waals surface area contributed by atoms with Crippen LogP contribution in [0.25, 0.3) is 0 Å². The molecule has 4 fully saturated rings. The summed E-state index contributed by atoms with van der Waals surface area (Å²) in [5.74, 6) is -4.93. The van der Waals surface area contributed by atoms with Gasteiger partial charge in [-0.2, -0.15) is 26.3 Å². The molecule has 220 valence electrons. The molecule has 38 heavy (non-hydrogen) atoms. The summed E-state index contributed by atoms with van der Waals surface area (Å²) in [6.45, 7) is 3.16. The van der Waals surface area contributed by atoms with Gasteiger partial charge in [0.2, 0.25) is 5.91 Å².